The molecule has 1 N–H and O–H groups in total. The topological polar surface area (TPSA) is 67.5 Å². The van der Waals surface area contributed by atoms with Crippen molar-refractivity contribution in [2.24, 2.45) is 4.99 Å². The zero-order chi connectivity index (χ0) is 19.6. The van der Waals surface area contributed by atoms with Crippen molar-refractivity contribution in [1.29, 1.82) is 0 Å². The van der Waals surface area contributed by atoms with Crippen LogP contribution in [0.1, 0.15) is 29.8 Å². The molecule has 0 aromatic heterocycles. The van der Waals surface area contributed by atoms with E-state index in [1.165, 1.54) is 23.9 Å². The van der Waals surface area contributed by atoms with Gasteiger partial charge in [0.1, 0.15) is 16.9 Å². The van der Waals surface area contributed by atoms with Crippen LogP contribution in [-0.4, -0.2) is 16.0 Å². The maximum absolute atomic E-state index is 13.0. The fourth-order valence-corrected chi connectivity index (χ4v) is 3.99. The van der Waals surface area contributed by atoms with Crippen molar-refractivity contribution in [2.45, 2.75) is 30.1 Å². The number of benzene rings is 2. The number of rotatable bonds is 4. The highest BCUT2D eigenvalue weighted by Crippen LogP contribution is 2.43. The number of alkyl halides is 3. The third kappa shape index (κ3) is 4.24. The van der Waals surface area contributed by atoms with Crippen molar-refractivity contribution in [3.8, 4) is 0 Å². The zero-order valence-corrected chi connectivity index (χ0v) is 15.1. The SMILES string of the molecule is CCC1SC(c2cccc(C(F)(F)F)c2)N=C1Nc1ccccc1[N+](=O)[O-]. The normalized spacial score (nSPS) is 19.6. The van der Waals surface area contributed by atoms with E-state index in [9.17, 15) is 23.3 Å². The van der Waals surface area contributed by atoms with Crippen LogP contribution in [-0.2, 0) is 6.18 Å². The lowest BCUT2D eigenvalue weighted by molar-refractivity contribution is -0.383. The summed E-state index contributed by atoms with van der Waals surface area (Å²) in [5, 5.41) is 13.6. The van der Waals surface area contributed by atoms with E-state index in [4.69, 9.17) is 0 Å². The average Bonchev–Trinajstić information content (AvgIpc) is 3.04. The van der Waals surface area contributed by atoms with Gasteiger partial charge in [0, 0.05) is 6.07 Å². The molecule has 5 nitrogen and oxygen atoms in total. The van der Waals surface area contributed by atoms with Gasteiger partial charge >= 0.3 is 6.18 Å². The first-order valence-corrected chi connectivity index (χ1v) is 9.14. The van der Waals surface area contributed by atoms with E-state index in [0.717, 1.165) is 12.1 Å². The second-order valence-electron chi connectivity index (χ2n) is 5.92. The Morgan fingerprint density at radius 1 is 1.22 bits per heavy atom. The average molecular weight is 395 g/mol. The van der Waals surface area contributed by atoms with Gasteiger partial charge in [0.25, 0.3) is 5.69 Å². The lowest BCUT2D eigenvalue weighted by Crippen LogP contribution is -2.21. The van der Waals surface area contributed by atoms with Gasteiger partial charge in [0.05, 0.1) is 15.7 Å². The van der Waals surface area contributed by atoms with E-state index in [-0.39, 0.29) is 10.9 Å². The molecule has 2 aromatic carbocycles. The molecule has 2 unspecified atom stereocenters. The van der Waals surface area contributed by atoms with Crippen LogP contribution in [0.2, 0.25) is 0 Å². The highest BCUT2D eigenvalue weighted by molar-refractivity contribution is 8.01. The summed E-state index contributed by atoms with van der Waals surface area (Å²) in [5.41, 5.74) is -0.0378. The second kappa shape index (κ2) is 7.59. The van der Waals surface area contributed by atoms with Crippen LogP contribution in [0, 0.1) is 10.1 Å². The Balaban J connectivity index is 1.90. The molecule has 0 spiro atoms. The van der Waals surface area contributed by atoms with Gasteiger partial charge in [-0.25, -0.2) is 0 Å². The molecule has 3 rings (SSSR count). The number of anilines is 1. The molecule has 9 heteroatoms. The van der Waals surface area contributed by atoms with E-state index < -0.39 is 22.0 Å². The minimum Gasteiger partial charge on any atom is -0.337 e. The number of nitro benzene ring substituents is 1. The van der Waals surface area contributed by atoms with Gasteiger partial charge in [0.15, 0.2) is 0 Å². The Hall–Kier alpha value is -2.55. The molecule has 0 radical (unpaired) electrons. The van der Waals surface area contributed by atoms with E-state index in [1.54, 1.807) is 24.3 Å². The third-order valence-corrected chi connectivity index (χ3v) is 5.61. The standard InChI is InChI=1S/C18H16F3N3O2S/c1-2-15-16(22-13-8-3-4-9-14(13)24(25)26)23-17(27-15)11-6-5-7-12(10-11)18(19,20)21/h3-10,15,17H,2H2,1H3,(H,22,23). The van der Waals surface area contributed by atoms with Gasteiger partial charge in [-0.15, -0.1) is 11.8 Å². The van der Waals surface area contributed by atoms with Crippen molar-refractivity contribution in [3.63, 3.8) is 0 Å². The van der Waals surface area contributed by atoms with E-state index in [2.05, 4.69) is 10.3 Å². The molecule has 0 bridgehead atoms. The predicted molar refractivity (Wildman–Crippen MR) is 100 cm³/mol. The number of nitrogens with one attached hydrogen (secondary N) is 1. The minimum atomic E-state index is -4.42. The fraction of sp³-hybridized carbons (Fsp3) is 0.278. The molecular weight excluding hydrogens is 379 g/mol. The van der Waals surface area contributed by atoms with Gasteiger partial charge in [-0.3, -0.25) is 15.1 Å². The Morgan fingerprint density at radius 3 is 2.63 bits per heavy atom. The first kappa shape index (κ1) is 19.2. The van der Waals surface area contributed by atoms with Crippen LogP contribution in [0.5, 0.6) is 0 Å². The molecular formula is C18H16F3N3O2S. The maximum atomic E-state index is 13.0. The second-order valence-corrected chi connectivity index (χ2v) is 7.21. The minimum absolute atomic E-state index is 0.0810. The summed E-state index contributed by atoms with van der Waals surface area (Å²) in [6, 6.07) is 11.3. The number of hydrogen-bond donors (Lipinski definition) is 1. The van der Waals surface area contributed by atoms with Crippen LogP contribution < -0.4 is 5.32 Å². The summed E-state index contributed by atoms with van der Waals surface area (Å²) < 4.78 is 38.9. The lowest BCUT2D eigenvalue weighted by Gasteiger charge is -2.13. The van der Waals surface area contributed by atoms with E-state index in [1.807, 2.05) is 6.92 Å². The quantitative estimate of drug-likeness (QED) is 0.537. The highest BCUT2D eigenvalue weighted by Gasteiger charge is 2.33. The predicted octanol–water partition coefficient (Wildman–Crippen LogP) is 5.65. The number of aliphatic imine (C=N–C) groups is 1. The Bertz CT molecular complexity index is 886. The summed E-state index contributed by atoms with van der Waals surface area (Å²) in [6.07, 6.45) is -3.73. The molecule has 1 heterocycles. The van der Waals surface area contributed by atoms with Crippen LogP contribution >= 0.6 is 11.8 Å². The molecule has 1 aliphatic rings. The molecule has 0 amide bonds. The molecule has 0 aliphatic carbocycles. The lowest BCUT2D eigenvalue weighted by atomic mass is 10.1. The zero-order valence-electron chi connectivity index (χ0n) is 14.2. The summed E-state index contributed by atoms with van der Waals surface area (Å²) in [5.74, 6) is 0.527. The first-order chi connectivity index (χ1) is 12.8. The smallest absolute Gasteiger partial charge is 0.337 e. The van der Waals surface area contributed by atoms with Crippen molar-refractivity contribution in [2.75, 3.05) is 5.32 Å². The summed E-state index contributed by atoms with van der Waals surface area (Å²) in [7, 11) is 0. The first-order valence-electron chi connectivity index (χ1n) is 8.20. The third-order valence-electron chi connectivity index (χ3n) is 4.09. The van der Waals surface area contributed by atoms with Crippen molar-refractivity contribution in [3.05, 3.63) is 69.8 Å². The van der Waals surface area contributed by atoms with Crippen LogP contribution in [0.3, 0.4) is 0 Å². The maximum Gasteiger partial charge on any atom is 0.416 e. The van der Waals surface area contributed by atoms with Crippen molar-refractivity contribution >= 4 is 29.0 Å². The monoisotopic (exact) mass is 395 g/mol. The largest absolute Gasteiger partial charge is 0.416 e. The summed E-state index contributed by atoms with van der Waals surface area (Å²) in [4.78, 5) is 15.2. The van der Waals surface area contributed by atoms with Gasteiger partial charge in [-0.1, -0.05) is 31.2 Å². The molecule has 2 atom stereocenters. The van der Waals surface area contributed by atoms with Gasteiger partial charge < -0.3 is 5.32 Å². The Labute approximate surface area is 157 Å². The number of hydrogen-bond acceptors (Lipinski definition) is 5. The number of halogens is 3. The molecule has 0 fully saturated rings. The molecule has 0 saturated carbocycles. The summed E-state index contributed by atoms with van der Waals surface area (Å²) in [6.45, 7) is 1.93. The molecule has 27 heavy (non-hydrogen) atoms. The highest BCUT2D eigenvalue weighted by atomic mass is 32.2. The van der Waals surface area contributed by atoms with Crippen LogP contribution in [0.25, 0.3) is 0 Å². The van der Waals surface area contributed by atoms with Crippen LogP contribution in [0.15, 0.2) is 53.5 Å². The molecule has 2 aromatic rings. The fourth-order valence-electron chi connectivity index (χ4n) is 2.76. The van der Waals surface area contributed by atoms with E-state index in [0.29, 0.717) is 23.5 Å². The Kier molecular flexibility index (Phi) is 5.41. The van der Waals surface area contributed by atoms with Crippen molar-refractivity contribution in [1.82, 2.24) is 0 Å². The number of nitro groups is 1. The molecule has 142 valence electrons. The number of amidine groups is 1. The molecule has 0 saturated heterocycles. The number of nitrogens with zero attached hydrogens (tertiary/aromatic N) is 2. The van der Waals surface area contributed by atoms with Crippen LogP contribution in [0.4, 0.5) is 24.5 Å². The summed E-state index contributed by atoms with van der Waals surface area (Å²) >= 11 is 1.42. The number of para-hydroxylation sites is 2. The van der Waals surface area contributed by atoms with E-state index >= 15 is 0 Å². The molecule has 1 aliphatic heterocycles. The number of thioether (sulfide) groups is 1. The van der Waals surface area contributed by atoms with Gasteiger partial charge in [-0.2, -0.15) is 13.2 Å². The van der Waals surface area contributed by atoms with Crippen molar-refractivity contribution < 1.29 is 18.1 Å². The van der Waals surface area contributed by atoms with Gasteiger partial charge in [-0.05, 0) is 30.2 Å². The van der Waals surface area contributed by atoms with Gasteiger partial charge in [0.2, 0.25) is 0 Å². The Morgan fingerprint density at radius 2 is 1.96 bits per heavy atom.